The van der Waals surface area contributed by atoms with Crippen LogP contribution in [0.5, 0.6) is 0 Å². The highest BCUT2D eigenvalue weighted by molar-refractivity contribution is 7.99. The smallest absolute Gasteiger partial charge is 0.267 e. The van der Waals surface area contributed by atoms with Crippen LogP contribution >= 0.6 is 11.8 Å². The summed E-state index contributed by atoms with van der Waals surface area (Å²) in [5, 5.41) is 4.36. The molecule has 0 saturated carbocycles. The van der Waals surface area contributed by atoms with E-state index in [1.165, 1.54) is 34.7 Å². The number of hydrogen-bond acceptors (Lipinski definition) is 3. The molecule has 1 heterocycles. The molecule has 3 nitrogen and oxygen atoms in total. The average Bonchev–Trinajstić information content (AvgIpc) is 2.90. The van der Waals surface area contributed by atoms with Crippen LogP contribution in [0.1, 0.15) is 21.7 Å². The molecule has 0 aliphatic rings. The predicted molar refractivity (Wildman–Crippen MR) is 98.3 cm³/mol. The van der Waals surface area contributed by atoms with Gasteiger partial charge < -0.3 is 0 Å². The lowest BCUT2D eigenvalue weighted by molar-refractivity contribution is 0.0952. The number of halogens is 1. The van der Waals surface area contributed by atoms with Crippen LogP contribution < -0.4 is 0 Å². The van der Waals surface area contributed by atoms with Crippen molar-refractivity contribution in [3.8, 4) is 0 Å². The number of carbonyl (C=O) groups is 1. The molecular formula is C20H17FN2OS. The van der Waals surface area contributed by atoms with Crippen LogP contribution in [0.2, 0.25) is 0 Å². The zero-order chi connectivity index (χ0) is 17.8. The van der Waals surface area contributed by atoms with Crippen molar-refractivity contribution in [1.29, 1.82) is 0 Å². The third-order valence-electron chi connectivity index (χ3n) is 3.69. The minimum absolute atomic E-state index is 0.199. The lowest BCUT2D eigenvalue weighted by Crippen LogP contribution is -2.11. The van der Waals surface area contributed by atoms with Crippen molar-refractivity contribution >= 4 is 23.7 Å². The van der Waals surface area contributed by atoms with Crippen LogP contribution in [0.25, 0.3) is 6.08 Å². The number of benzene rings is 2. The lowest BCUT2D eigenvalue weighted by atomic mass is 10.2. The van der Waals surface area contributed by atoms with Crippen LogP contribution in [0, 0.1) is 19.7 Å². The topological polar surface area (TPSA) is 34.9 Å². The minimum Gasteiger partial charge on any atom is -0.267 e. The van der Waals surface area contributed by atoms with Crippen LogP contribution in [0.3, 0.4) is 0 Å². The highest BCUT2D eigenvalue weighted by atomic mass is 32.2. The first-order valence-corrected chi connectivity index (χ1v) is 8.63. The molecule has 3 aromatic rings. The molecule has 0 amide bonds. The van der Waals surface area contributed by atoms with Crippen molar-refractivity contribution in [2.75, 3.05) is 0 Å². The molecule has 0 aliphatic carbocycles. The van der Waals surface area contributed by atoms with E-state index < -0.39 is 0 Å². The summed E-state index contributed by atoms with van der Waals surface area (Å²) in [4.78, 5) is 14.3. The molecule has 126 valence electrons. The number of aryl methyl sites for hydroxylation is 1. The van der Waals surface area contributed by atoms with E-state index in [1.54, 1.807) is 18.2 Å². The minimum atomic E-state index is -0.269. The second-order valence-corrected chi connectivity index (χ2v) is 6.63. The molecule has 0 atom stereocenters. The van der Waals surface area contributed by atoms with Gasteiger partial charge in [0.15, 0.2) is 0 Å². The van der Waals surface area contributed by atoms with Crippen molar-refractivity contribution < 1.29 is 9.18 Å². The molecule has 25 heavy (non-hydrogen) atoms. The maximum atomic E-state index is 13.0. The Balaban J connectivity index is 1.82. The summed E-state index contributed by atoms with van der Waals surface area (Å²) in [5.41, 5.74) is 2.50. The van der Waals surface area contributed by atoms with Gasteiger partial charge in [-0.1, -0.05) is 42.1 Å². The molecular weight excluding hydrogens is 335 g/mol. The molecule has 0 fully saturated rings. The molecule has 0 radical (unpaired) electrons. The second-order valence-electron chi connectivity index (χ2n) is 5.55. The molecule has 2 aromatic carbocycles. The van der Waals surface area contributed by atoms with Gasteiger partial charge in [0.1, 0.15) is 5.82 Å². The fourth-order valence-corrected chi connectivity index (χ4v) is 3.34. The van der Waals surface area contributed by atoms with Gasteiger partial charge in [-0.05, 0) is 49.8 Å². The molecule has 0 saturated heterocycles. The Hall–Kier alpha value is -2.66. The summed E-state index contributed by atoms with van der Waals surface area (Å²) in [5.74, 6) is -0.467. The van der Waals surface area contributed by atoms with Crippen LogP contribution in [-0.2, 0) is 0 Å². The molecule has 3 rings (SSSR count). The van der Waals surface area contributed by atoms with E-state index >= 15 is 0 Å². The summed E-state index contributed by atoms with van der Waals surface area (Å²) >= 11 is 1.48. The third kappa shape index (κ3) is 4.06. The zero-order valence-corrected chi connectivity index (χ0v) is 14.8. The van der Waals surface area contributed by atoms with Crippen molar-refractivity contribution in [3.05, 3.63) is 83.4 Å². The van der Waals surface area contributed by atoms with Gasteiger partial charge in [0.05, 0.1) is 16.3 Å². The molecule has 0 spiro atoms. The van der Waals surface area contributed by atoms with Crippen LogP contribution in [0.4, 0.5) is 4.39 Å². The van der Waals surface area contributed by atoms with Crippen molar-refractivity contribution in [2.45, 2.75) is 23.6 Å². The van der Waals surface area contributed by atoms with E-state index in [-0.39, 0.29) is 11.7 Å². The highest BCUT2D eigenvalue weighted by Crippen LogP contribution is 2.32. The quantitative estimate of drug-likeness (QED) is 0.610. The van der Waals surface area contributed by atoms with Gasteiger partial charge in [-0.15, -0.1) is 0 Å². The van der Waals surface area contributed by atoms with Gasteiger partial charge in [0.2, 0.25) is 0 Å². The Morgan fingerprint density at radius 2 is 1.76 bits per heavy atom. The third-order valence-corrected chi connectivity index (χ3v) is 4.99. The Morgan fingerprint density at radius 3 is 2.44 bits per heavy atom. The summed E-state index contributed by atoms with van der Waals surface area (Å²) in [7, 11) is 0. The first-order valence-electron chi connectivity index (χ1n) is 7.81. The molecule has 1 aromatic heterocycles. The summed E-state index contributed by atoms with van der Waals surface area (Å²) in [6.07, 6.45) is 3.28. The lowest BCUT2D eigenvalue weighted by Gasteiger charge is -2.03. The van der Waals surface area contributed by atoms with E-state index in [9.17, 15) is 9.18 Å². The second kappa shape index (κ2) is 7.49. The van der Waals surface area contributed by atoms with E-state index in [0.29, 0.717) is 0 Å². The first kappa shape index (κ1) is 17.2. The maximum Gasteiger partial charge on any atom is 0.271 e. The van der Waals surface area contributed by atoms with E-state index in [0.717, 1.165) is 26.7 Å². The SMILES string of the molecule is Cc1nn(C(=O)/C=C/c2ccccc2)c(C)c1Sc1ccc(F)cc1. The number of nitrogens with zero attached hydrogens (tertiary/aromatic N) is 2. The zero-order valence-electron chi connectivity index (χ0n) is 13.9. The average molecular weight is 352 g/mol. The van der Waals surface area contributed by atoms with E-state index in [1.807, 2.05) is 44.2 Å². The van der Waals surface area contributed by atoms with Crippen molar-refractivity contribution in [3.63, 3.8) is 0 Å². The number of allylic oxidation sites excluding steroid dienone is 1. The van der Waals surface area contributed by atoms with E-state index in [2.05, 4.69) is 5.10 Å². The Labute approximate surface area is 150 Å². The fraction of sp³-hybridized carbons (Fsp3) is 0.100. The number of hydrogen-bond donors (Lipinski definition) is 0. The van der Waals surface area contributed by atoms with Gasteiger partial charge in [-0.25, -0.2) is 9.07 Å². The molecule has 0 bridgehead atoms. The van der Waals surface area contributed by atoms with Gasteiger partial charge in [-0.3, -0.25) is 4.79 Å². The molecule has 0 aliphatic heterocycles. The largest absolute Gasteiger partial charge is 0.271 e. The summed E-state index contributed by atoms with van der Waals surface area (Å²) < 4.78 is 14.4. The predicted octanol–water partition coefficient (Wildman–Crippen LogP) is 5.14. The maximum absolute atomic E-state index is 13.0. The molecule has 0 N–H and O–H groups in total. The summed E-state index contributed by atoms with van der Waals surface area (Å²) in [6, 6.07) is 15.9. The van der Waals surface area contributed by atoms with Gasteiger partial charge in [-0.2, -0.15) is 5.10 Å². The van der Waals surface area contributed by atoms with Crippen LogP contribution in [0.15, 0.2) is 70.5 Å². The van der Waals surface area contributed by atoms with Gasteiger partial charge >= 0.3 is 0 Å². The first-order chi connectivity index (χ1) is 12.0. The monoisotopic (exact) mass is 352 g/mol. The number of carbonyl (C=O) groups excluding carboxylic acids is 1. The van der Waals surface area contributed by atoms with Crippen LogP contribution in [-0.4, -0.2) is 15.7 Å². The van der Waals surface area contributed by atoms with E-state index in [4.69, 9.17) is 0 Å². The highest BCUT2D eigenvalue weighted by Gasteiger charge is 2.16. The Kier molecular flexibility index (Phi) is 5.14. The van der Waals surface area contributed by atoms with Gasteiger partial charge in [0.25, 0.3) is 5.91 Å². The van der Waals surface area contributed by atoms with Crippen molar-refractivity contribution in [2.24, 2.45) is 0 Å². The summed E-state index contributed by atoms with van der Waals surface area (Å²) in [6.45, 7) is 3.73. The molecule has 0 unspecified atom stereocenters. The number of aromatic nitrogens is 2. The molecule has 5 heteroatoms. The van der Waals surface area contributed by atoms with Crippen molar-refractivity contribution in [1.82, 2.24) is 9.78 Å². The fourth-order valence-electron chi connectivity index (χ4n) is 2.41. The van der Waals surface area contributed by atoms with Gasteiger partial charge in [0, 0.05) is 11.0 Å². The number of rotatable bonds is 4. The Bertz CT molecular complexity index is 915. The standard InChI is InChI=1S/C20H17FN2OS/c1-14-20(25-18-11-9-17(21)10-12-18)15(2)23(22-14)19(24)13-8-16-6-4-3-5-7-16/h3-13H,1-2H3/b13-8+. The normalized spacial score (nSPS) is 11.2. The Morgan fingerprint density at radius 1 is 1.08 bits per heavy atom.